The van der Waals surface area contributed by atoms with Crippen molar-refractivity contribution < 1.29 is 27.8 Å². The Morgan fingerprint density at radius 2 is 1.90 bits per heavy atom. The zero-order valence-corrected chi connectivity index (χ0v) is 10.1. The van der Waals surface area contributed by atoms with E-state index in [1.54, 1.807) is 0 Å². The van der Waals surface area contributed by atoms with E-state index in [4.69, 9.17) is 9.84 Å². The second-order valence-electron chi connectivity index (χ2n) is 3.99. The summed E-state index contributed by atoms with van der Waals surface area (Å²) in [7, 11) is 0. The van der Waals surface area contributed by atoms with Gasteiger partial charge in [-0.2, -0.15) is 4.39 Å². The van der Waals surface area contributed by atoms with E-state index in [1.807, 2.05) is 0 Å². The van der Waals surface area contributed by atoms with Crippen LogP contribution in [0.2, 0.25) is 0 Å². The molecule has 3 nitrogen and oxygen atoms in total. The van der Waals surface area contributed by atoms with Crippen molar-refractivity contribution in [3.63, 3.8) is 0 Å². The number of ether oxygens (including phenoxy) is 1. The SMILES string of the molecule is O=C(O)c1cc(F)cc(COc2cccc(F)c2F)c1. The molecule has 0 radical (unpaired) electrons. The van der Waals surface area contributed by atoms with Crippen molar-refractivity contribution in [2.24, 2.45) is 0 Å². The van der Waals surface area contributed by atoms with Gasteiger partial charge in [-0.05, 0) is 35.9 Å². The zero-order chi connectivity index (χ0) is 14.7. The van der Waals surface area contributed by atoms with E-state index in [9.17, 15) is 18.0 Å². The van der Waals surface area contributed by atoms with E-state index in [2.05, 4.69) is 0 Å². The Hall–Kier alpha value is -2.50. The molecule has 0 atom stereocenters. The van der Waals surface area contributed by atoms with Crippen LogP contribution in [0.3, 0.4) is 0 Å². The van der Waals surface area contributed by atoms with Gasteiger partial charge in [0.15, 0.2) is 11.6 Å². The molecular weight excluding hydrogens is 273 g/mol. The molecule has 0 amide bonds. The number of halogens is 3. The van der Waals surface area contributed by atoms with Crippen molar-refractivity contribution in [2.75, 3.05) is 0 Å². The van der Waals surface area contributed by atoms with E-state index in [0.717, 1.165) is 18.2 Å². The number of rotatable bonds is 4. The molecule has 0 unspecified atom stereocenters. The van der Waals surface area contributed by atoms with Crippen molar-refractivity contribution in [3.05, 3.63) is 65.0 Å². The molecule has 2 aromatic carbocycles. The van der Waals surface area contributed by atoms with Crippen molar-refractivity contribution in [1.82, 2.24) is 0 Å². The molecule has 104 valence electrons. The predicted octanol–water partition coefficient (Wildman–Crippen LogP) is 3.38. The first-order valence-corrected chi connectivity index (χ1v) is 5.57. The molecule has 0 saturated carbocycles. The van der Waals surface area contributed by atoms with E-state index >= 15 is 0 Å². The molecule has 2 rings (SSSR count). The smallest absolute Gasteiger partial charge is 0.335 e. The monoisotopic (exact) mass is 282 g/mol. The van der Waals surface area contributed by atoms with Gasteiger partial charge in [0.2, 0.25) is 5.82 Å². The lowest BCUT2D eigenvalue weighted by Crippen LogP contribution is -2.03. The quantitative estimate of drug-likeness (QED) is 0.935. The van der Waals surface area contributed by atoms with E-state index in [1.165, 1.54) is 18.2 Å². The number of carboxylic acids is 1. The maximum Gasteiger partial charge on any atom is 0.335 e. The molecule has 0 spiro atoms. The van der Waals surface area contributed by atoms with Gasteiger partial charge >= 0.3 is 5.97 Å². The Morgan fingerprint density at radius 3 is 2.60 bits per heavy atom. The molecule has 0 bridgehead atoms. The molecule has 1 N–H and O–H groups in total. The third-order valence-electron chi connectivity index (χ3n) is 2.52. The average molecular weight is 282 g/mol. The lowest BCUT2D eigenvalue weighted by Gasteiger charge is -2.08. The molecule has 0 aliphatic carbocycles. The van der Waals surface area contributed by atoms with Gasteiger partial charge in [0, 0.05) is 0 Å². The fourth-order valence-corrected chi connectivity index (χ4v) is 1.61. The molecule has 2 aromatic rings. The van der Waals surface area contributed by atoms with Crippen LogP contribution in [0.5, 0.6) is 5.75 Å². The van der Waals surface area contributed by atoms with Crippen molar-refractivity contribution in [2.45, 2.75) is 6.61 Å². The van der Waals surface area contributed by atoms with Crippen LogP contribution in [-0.2, 0) is 6.61 Å². The Balaban J connectivity index is 2.19. The van der Waals surface area contributed by atoms with Gasteiger partial charge in [-0.1, -0.05) is 6.07 Å². The fraction of sp³-hybridized carbons (Fsp3) is 0.0714. The Bertz CT molecular complexity index is 656. The number of aromatic carboxylic acids is 1. The van der Waals surface area contributed by atoms with Gasteiger partial charge in [0.25, 0.3) is 0 Å². The first kappa shape index (κ1) is 13.9. The van der Waals surface area contributed by atoms with Gasteiger partial charge in [-0.25, -0.2) is 13.6 Å². The van der Waals surface area contributed by atoms with Gasteiger partial charge in [-0.15, -0.1) is 0 Å². The highest BCUT2D eigenvalue weighted by Crippen LogP contribution is 2.21. The molecular formula is C14H9F3O3. The highest BCUT2D eigenvalue weighted by atomic mass is 19.2. The first-order chi connectivity index (χ1) is 9.47. The summed E-state index contributed by atoms with van der Waals surface area (Å²) in [6, 6.07) is 6.53. The summed E-state index contributed by atoms with van der Waals surface area (Å²) in [5.41, 5.74) is -0.0469. The maximum atomic E-state index is 13.3. The fourth-order valence-electron chi connectivity index (χ4n) is 1.61. The van der Waals surface area contributed by atoms with E-state index in [-0.39, 0.29) is 23.5 Å². The van der Waals surface area contributed by atoms with Crippen LogP contribution in [0.25, 0.3) is 0 Å². The lowest BCUT2D eigenvalue weighted by atomic mass is 10.1. The Kier molecular flexibility index (Phi) is 3.93. The summed E-state index contributed by atoms with van der Waals surface area (Å²) in [4.78, 5) is 10.8. The molecule has 0 fully saturated rings. The highest BCUT2D eigenvalue weighted by molar-refractivity contribution is 5.87. The third kappa shape index (κ3) is 3.09. The van der Waals surface area contributed by atoms with Gasteiger partial charge in [0.1, 0.15) is 12.4 Å². The average Bonchev–Trinajstić information content (AvgIpc) is 2.40. The summed E-state index contributed by atoms with van der Waals surface area (Å²) < 4.78 is 44.5. The number of hydrogen-bond acceptors (Lipinski definition) is 2. The van der Waals surface area contributed by atoms with E-state index in [0.29, 0.717) is 0 Å². The van der Waals surface area contributed by atoms with Crippen molar-refractivity contribution in [3.8, 4) is 5.75 Å². The van der Waals surface area contributed by atoms with Crippen molar-refractivity contribution >= 4 is 5.97 Å². The van der Waals surface area contributed by atoms with Crippen LogP contribution < -0.4 is 4.74 Å². The number of benzene rings is 2. The van der Waals surface area contributed by atoms with E-state index < -0.39 is 23.4 Å². The van der Waals surface area contributed by atoms with Crippen LogP contribution in [0.15, 0.2) is 36.4 Å². The highest BCUT2D eigenvalue weighted by Gasteiger charge is 2.11. The summed E-state index contributed by atoms with van der Waals surface area (Å²) in [6.07, 6.45) is 0. The summed E-state index contributed by atoms with van der Waals surface area (Å²) in [6.45, 7) is -0.279. The minimum absolute atomic E-state index is 0.200. The molecule has 0 aromatic heterocycles. The molecule has 20 heavy (non-hydrogen) atoms. The Morgan fingerprint density at radius 1 is 1.15 bits per heavy atom. The van der Waals surface area contributed by atoms with Gasteiger partial charge < -0.3 is 9.84 Å². The summed E-state index contributed by atoms with van der Waals surface area (Å²) >= 11 is 0. The number of carboxylic acid groups (broad SMARTS) is 1. The molecule has 0 aliphatic rings. The molecule has 0 saturated heterocycles. The van der Waals surface area contributed by atoms with Crippen LogP contribution in [0.1, 0.15) is 15.9 Å². The van der Waals surface area contributed by atoms with Crippen LogP contribution in [-0.4, -0.2) is 11.1 Å². The van der Waals surface area contributed by atoms with Crippen molar-refractivity contribution in [1.29, 1.82) is 0 Å². The largest absolute Gasteiger partial charge is 0.486 e. The predicted molar refractivity (Wildman–Crippen MR) is 64.0 cm³/mol. The van der Waals surface area contributed by atoms with Crippen LogP contribution in [0, 0.1) is 17.5 Å². The third-order valence-corrected chi connectivity index (χ3v) is 2.52. The van der Waals surface area contributed by atoms with Gasteiger partial charge in [0.05, 0.1) is 5.56 Å². The standard InChI is InChI=1S/C14H9F3O3/c15-10-5-8(4-9(6-10)14(18)19)7-20-12-3-1-2-11(16)13(12)17/h1-6H,7H2,(H,18,19). The second kappa shape index (κ2) is 5.64. The Labute approximate surface area is 112 Å². The normalized spacial score (nSPS) is 10.3. The summed E-state index contributed by atoms with van der Waals surface area (Å²) in [5, 5.41) is 8.78. The first-order valence-electron chi connectivity index (χ1n) is 5.57. The van der Waals surface area contributed by atoms with Crippen LogP contribution >= 0.6 is 0 Å². The van der Waals surface area contributed by atoms with Crippen LogP contribution in [0.4, 0.5) is 13.2 Å². The van der Waals surface area contributed by atoms with Gasteiger partial charge in [-0.3, -0.25) is 0 Å². The topological polar surface area (TPSA) is 46.5 Å². The minimum atomic E-state index is -1.29. The zero-order valence-electron chi connectivity index (χ0n) is 10.1. The molecule has 0 heterocycles. The number of hydrogen-bond donors (Lipinski definition) is 1. The number of carbonyl (C=O) groups is 1. The lowest BCUT2D eigenvalue weighted by molar-refractivity contribution is 0.0696. The molecule has 6 heteroatoms. The summed E-state index contributed by atoms with van der Waals surface area (Å²) in [5.74, 6) is -4.58. The molecule has 0 aliphatic heterocycles. The minimum Gasteiger partial charge on any atom is -0.486 e. The maximum absolute atomic E-state index is 13.3. The second-order valence-corrected chi connectivity index (χ2v) is 3.99.